The number of benzene rings is 2. The van der Waals surface area contributed by atoms with Crippen molar-refractivity contribution in [3.63, 3.8) is 0 Å². The van der Waals surface area contributed by atoms with E-state index in [1.807, 2.05) is 12.1 Å². The van der Waals surface area contributed by atoms with Gasteiger partial charge in [0.05, 0.1) is 0 Å². The minimum atomic E-state index is -1.12. The van der Waals surface area contributed by atoms with Crippen molar-refractivity contribution >= 4 is 28.7 Å². The zero-order valence-corrected chi connectivity index (χ0v) is 16.0. The third-order valence-electron chi connectivity index (χ3n) is 3.36. The van der Waals surface area contributed by atoms with Crippen LogP contribution in [0.4, 0.5) is 0 Å². The summed E-state index contributed by atoms with van der Waals surface area (Å²) in [4.78, 5) is 15.3. The number of nitrogens with zero attached hydrogens (tertiary/aromatic N) is 1. The second-order valence-corrected chi connectivity index (χ2v) is 5.23. The summed E-state index contributed by atoms with van der Waals surface area (Å²) in [5.74, 6) is -1.33. The standard InChI is InChI=1S/C16H12ClNO3.K/c1-9(16(19)20)11-4-7-14-13(8-11)18-15(21-14)10-2-5-12(17)6-3-10;/h2-9H,1H3,(H,19,20);/q;+1/p-1. The molecule has 4 nitrogen and oxygen atoms in total. The number of carbonyl (C=O) groups excluding carboxylic acids is 1. The van der Waals surface area contributed by atoms with E-state index in [0.29, 0.717) is 27.6 Å². The molecule has 2 aromatic carbocycles. The van der Waals surface area contributed by atoms with Crippen LogP contribution in [-0.4, -0.2) is 11.0 Å². The van der Waals surface area contributed by atoms with Gasteiger partial charge in [-0.1, -0.05) is 24.6 Å². The van der Waals surface area contributed by atoms with Crippen LogP contribution in [0, 0.1) is 0 Å². The number of carboxylic acids is 1. The van der Waals surface area contributed by atoms with Crippen LogP contribution >= 0.6 is 11.6 Å². The van der Waals surface area contributed by atoms with Gasteiger partial charge < -0.3 is 14.3 Å². The number of hydrogen-bond acceptors (Lipinski definition) is 4. The van der Waals surface area contributed by atoms with Crippen LogP contribution in [0.3, 0.4) is 0 Å². The first-order valence-electron chi connectivity index (χ1n) is 6.42. The Hall–Kier alpha value is -0.694. The van der Waals surface area contributed by atoms with Crippen LogP contribution in [0.25, 0.3) is 22.6 Å². The van der Waals surface area contributed by atoms with Crippen molar-refractivity contribution in [1.29, 1.82) is 0 Å². The van der Waals surface area contributed by atoms with E-state index in [1.165, 1.54) is 0 Å². The minimum absolute atomic E-state index is 0. The van der Waals surface area contributed by atoms with E-state index in [0.717, 1.165) is 5.56 Å². The van der Waals surface area contributed by atoms with Crippen LogP contribution in [0.1, 0.15) is 18.4 Å². The van der Waals surface area contributed by atoms with E-state index in [4.69, 9.17) is 16.0 Å². The van der Waals surface area contributed by atoms with Gasteiger partial charge in [-0.05, 0) is 42.0 Å². The largest absolute Gasteiger partial charge is 1.00 e. The summed E-state index contributed by atoms with van der Waals surface area (Å²) in [6.45, 7) is 1.58. The van der Waals surface area contributed by atoms with Crippen molar-refractivity contribution in [1.82, 2.24) is 4.98 Å². The molecule has 0 N–H and O–H groups in total. The summed E-state index contributed by atoms with van der Waals surface area (Å²) in [5.41, 5.74) is 2.67. The molecule has 0 aliphatic carbocycles. The molecule has 1 unspecified atom stereocenters. The fourth-order valence-electron chi connectivity index (χ4n) is 2.07. The number of carboxylic acid groups (broad SMARTS) is 1. The SMILES string of the molecule is CC(C(=O)[O-])c1ccc2oc(-c3ccc(Cl)cc3)nc2c1.[K+]. The first-order chi connectivity index (χ1) is 10.0. The second kappa shape index (κ2) is 7.25. The van der Waals surface area contributed by atoms with E-state index in [9.17, 15) is 9.90 Å². The topological polar surface area (TPSA) is 66.2 Å². The number of rotatable bonds is 3. The normalized spacial score (nSPS) is 11.9. The molecule has 0 bridgehead atoms. The van der Waals surface area contributed by atoms with Crippen LogP contribution in [0.5, 0.6) is 0 Å². The average molecular weight is 340 g/mol. The average Bonchev–Trinajstić information content (AvgIpc) is 2.89. The van der Waals surface area contributed by atoms with E-state index in [2.05, 4.69) is 4.98 Å². The van der Waals surface area contributed by atoms with Gasteiger partial charge in [0.1, 0.15) is 5.52 Å². The molecule has 1 atom stereocenters. The minimum Gasteiger partial charge on any atom is -0.550 e. The molecule has 6 heteroatoms. The summed E-state index contributed by atoms with van der Waals surface area (Å²) < 4.78 is 5.67. The Labute approximate surface area is 174 Å². The van der Waals surface area contributed by atoms with Crippen molar-refractivity contribution in [2.45, 2.75) is 12.8 Å². The molecule has 3 rings (SSSR count). The first-order valence-corrected chi connectivity index (χ1v) is 6.79. The number of fused-ring (bicyclic) bond motifs is 1. The van der Waals surface area contributed by atoms with E-state index in [1.54, 1.807) is 37.3 Å². The predicted octanol–water partition coefficient (Wildman–Crippen LogP) is 0.00560. The molecule has 0 amide bonds. The van der Waals surface area contributed by atoms with Gasteiger partial charge in [0.15, 0.2) is 5.58 Å². The second-order valence-electron chi connectivity index (χ2n) is 4.79. The van der Waals surface area contributed by atoms with Crippen molar-refractivity contribution in [3.8, 4) is 11.5 Å². The van der Waals surface area contributed by atoms with Gasteiger partial charge in [0, 0.05) is 22.5 Å². The molecule has 1 heterocycles. The first kappa shape index (κ1) is 17.7. The molecule has 0 saturated heterocycles. The van der Waals surface area contributed by atoms with E-state index in [-0.39, 0.29) is 51.4 Å². The van der Waals surface area contributed by atoms with Crippen molar-refractivity contribution in [2.75, 3.05) is 0 Å². The molecule has 22 heavy (non-hydrogen) atoms. The summed E-state index contributed by atoms with van der Waals surface area (Å²) in [6, 6.07) is 12.3. The van der Waals surface area contributed by atoms with Gasteiger partial charge in [0.2, 0.25) is 5.89 Å². The molecule has 106 valence electrons. The molecule has 1 aromatic heterocycles. The van der Waals surface area contributed by atoms with Gasteiger partial charge in [-0.15, -0.1) is 0 Å². The third-order valence-corrected chi connectivity index (χ3v) is 3.61. The summed E-state index contributed by atoms with van der Waals surface area (Å²) in [6.07, 6.45) is 0. The van der Waals surface area contributed by atoms with Gasteiger partial charge in [0.25, 0.3) is 0 Å². The monoisotopic (exact) mass is 339 g/mol. The molecule has 0 saturated carbocycles. The van der Waals surface area contributed by atoms with Crippen molar-refractivity contribution < 1.29 is 65.7 Å². The van der Waals surface area contributed by atoms with E-state index < -0.39 is 11.9 Å². The third kappa shape index (κ3) is 3.61. The molecule has 0 aliphatic heterocycles. The Morgan fingerprint density at radius 3 is 2.55 bits per heavy atom. The molecule has 0 spiro atoms. The zero-order chi connectivity index (χ0) is 15.0. The Morgan fingerprint density at radius 2 is 1.91 bits per heavy atom. The van der Waals surface area contributed by atoms with Crippen LogP contribution in [0.2, 0.25) is 5.02 Å². The molecular formula is C16H11ClKNO3. The number of hydrogen-bond donors (Lipinski definition) is 0. The Kier molecular flexibility index (Phi) is 5.82. The molecule has 0 radical (unpaired) electrons. The van der Waals surface area contributed by atoms with Gasteiger partial charge >= 0.3 is 51.4 Å². The smallest absolute Gasteiger partial charge is 0.550 e. The Bertz CT molecular complexity index is 814. The van der Waals surface area contributed by atoms with Gasteiger partial charge in [-0.25, -0.2) is 4.98 Å². The van der Waals surface area contributed by atoms with Crippen LogP contribution < -0.4 is 56.5 Å². The number of halogens is 1. The zero-order valence-electron chi connectivity index (χ0n) is 12.2. The molecule has 0 aliphatic rings. The number of aromatic nitrogens is 1. The number of oxazole rings is 1. The maximum Gasteiger partial charge on any atom is 1.00 e. The molecular weight excluding hydrogens is 329 g/mol. The quantitative estimate of drug-likeness (QED) is 0.630. The maximum absolute atomic E-state index is 10.9. The van der Waals surface area contributed by atoms with Crippen molar-refractivity contribution in [2.24, 2.45) is 0 Å². The maximum atomic E-state index is 10.9. The van der Waals surface area contributed by atoms with Gasteiger partial charge in [-0.2, -0.15) is 0 Å². The fourth-order valence-corrected chi connectivity index (χ4v) is 2.19. The summed E-state index contributed by atoms with van der Waals surface area (Å²) >= 11 is 5.85. The Balaban J connectivity index is 0.00000176. The summed E-state index contributed by atoms with van der Waals surface area (Å²) in [7, 11) is 0. The van der Waals surface area contributed by atoms with Crippen LogP contribution in [0.15, 0.2) is 46.9 Å². The van der Waals surface area contributed by atoms with Crippen molar-refractivity contribution in [3.05, 3.63) is 53.1 Å². The molecule has 0 fully saturated rings. The number of carbonyl (C=O) groups is 1. The predicted molar refractivity (Wildman–Crippen MR) is 77.9 cm³/mol. The Morgan fingerprint density at radius 1 is 1.23 bits per heavy atom. The van der Waals surface area contributed by atoms with Crippen LogP contribution in [-0.2, 0) is 4.79 Å². The molecule has 3 aromatic rings. The van der Waals surface area contributed by atoms with E-state index >= 15 is 0 Å². The fraction of sp³-hybridized carbons (Fsp3) is 0.125. The number of aliphatic carboxylic acids is 1. The van der Waals surface area contributed by atoms with Gasteiger partial charge in [-0.3, -0.25) is 0 Å². The summed E-state index contributed by atoms with van der Waals surface area (Å²) in [5, 5.41) is 11.6.